The van der Waals surface area contributed by atoms with E-state index in [1.165, 1.54) is 12.1 Å². The van der Waals surface area contributed by atoms with Crippen LogP contribution in [-0.2, 0) is 28.6 Å². The van der Waals surface area contributed by atoms with Gasteiger partial charge in [-0.15, -0.1) is 0 Å². The molecule has 13 nitrogen and oxygen atoms in total. The molecule has 7 N–H and O–H groups in total. The van der Waals surface area contributed by atoms with Crippen LogP contribution in [0, 0.1) is 0 Å². The molecule has 0 bridgehead atoms. The summed E-state index contributed by atoms with van der Waals surface area (Å²) >= 11 is 0. The summed E-state index contributed by atoms with van der Waals surface area (Å²) in [6, 6.07) is 15.7. The lowest BCUT2D eigenvalue weighted by molar-refractivity contribution is -0.185. The molecule has 1 aliphatic heterocycles. The number of hydrogen-bond donors (Lipinski definition) is 6. The van der Waals surface area contributed by atoms with Crippen molar-refractivity contribution in [3.05, 3.63) is 84.2 Å². The number of hydrogen-bond acceptors (Lipinski definition) is 9. The van der Waals surface area contributed by atoms with Gasteiger partial charge in [-0.05, 0) is 47.5 Å². The van der Waals surface area contributed by atoms with E-state index in [1.54, 1.807) is 50.6 Å². The highest BCUT2D eigenvalue weighted by molar-refractivity contribution is 5.68. The molecule has 43 heavy (non-hydrogen) atoms. The number of carbonyl (C=O) groups is 3. The second-order valence-corrected chi connectivity index (χ2v) is 9.19. The summed E-state index contributed by atoms with van der Waals surface area (Å²) in [6.07, 6.45) is 5.36. The highest BCUT2D eigenvalue weighted by Crippen LogP contribution is 2.24. The van der Waals surface area contributed by atoms with Crippen molar-refractivity contribution in [3.8, 4) is 11.5 Å². The fourth-order valence-electron chi connectivity index (χ4n) is 3.76. The minimum Gasteiger partial charge on any atom is -0.508 e. The number of rotatable bonds is 9. The number of methoxy groups -OCH3 is 2. The van der Waals surface area contributed by atoms with Crippen molar-refractivity contribution in [1.29, 1.82) is 0 Å². The van der Waals surface area contributed by atoms with E-state index in [0.29, 0.717) is 5.56 Å². The summed E-state index contributed by atoms with van der Waals surface area (Å²) in [6.45, 7) is 1.08. The van der Waals surface area contributed by atoms with Crippen LogP contribution in [0.3, 0.4) is 0 Å². The Morgan fingerprint density at radius 1 is 0.814 bits per heavy atom. The number of ether oxygens (including phenoxy) is 3. The second kappa shape index (κ2) is 19.6. The van der Waals surface area contributed by atoms with Crippen LogP contribution in [0.4, 0.5) is 0 Å². The molecular formula is C30H40N2O11. The van der Waals surface area contributed by atoms with Crippen molar-refractivity contribution in [3.63, 3.8) is 0 Å². The number of aromatic nitrogens is 1. The highest BCUT2D eigenvalue weighted by atomic mass is 16.8. The number of phenols is 2. The first kappa shape index (κ1) is 36.6. The van der Waals surface area contributed by atoms with Crippen molar-refractivity contribution in [2.24, 2.45) is 5.73 Å². The van der Waals surface area contributed by atoms with Gasteiger partial charge in [0.1, 0.15) is 11.5 Å². The number of aliphatic carboxylic acids is 3. The Morgan fingerprint density at radius 3 is 1.56 bits per heavy atom. The number of carboxylic acid groups (broad SMARTS) is 3. The van der Waals surface area contributed by atoms with Crippen LogP contribution in [0.2, 0.25) is 0 Å². The number of nitrogens with zero attached hydrogens (tertiary/aromatic N) is 1. The van der Waals surface area contributed by atoms with Crippen molar-refractivity contribution in [2.75, 3.05) is 14.2 Å². The molecule has 0 amide bonds. The molecule has 0 radical (unpaired) electrons. The molecule has 4 atom stereocenters. The number of nitrogens with two attached hydrogens (primary N) is 1. The molecule has 0 saturated carbocycles. The molecule has 2 aromatic carbocycles. The summed E-state index contributed by atoms with van der Waals surface area (Å²) < 4.78 is 16.9. The second-order valence-electron chi connectivity index (χ2n) is 9.19. The highest BCUT2D eigenvalue weighted by Gasteiger charge is 2.24. The topological polar surface area (TPSA) is 211 Å². The predicted octanol–water partition coefficient (Wildman–Crippen LogP) is 3.96. The monoisotopic (exact) mass is 604 g/mol. The lowest BCUT2D eigenvalue weighted by Gasteiger charge is -2.17. The van der Waals surface area contributed by atoms with Crippen molar-refractivity contribution < 1.29 is 54.1 Å². The quantitative estimate of drug-likeness (QED) is 0.205. The van der Waals surface area contributed by atoms with Gasteiger partial charge in [-0.2, -0.15) is 0 Å². The SMILES string of the molecule is CC(=O)O.COC1CCC(OC)O1.NC(CC(=O)O)c1ccc(O)cc1.O=C(O)CC(c1ccc(O)cc1)n1cccc1. The molecule has 4 unspecified atom stereocenters. The lowest BCUT2D eigenvalue weighted by Crippen LogP contribution is -2.14. The summed E-state index contributed by atoms with van der Waals surface area (Å²) in [5.74, 6) is -2.29. The Balaban J connectivity index is 0.000000315. The van der Waals surface area contributed by atoms with Gasteiger partial charge in [0.2, 0.25) is 0 Å². The summed E-state index contributed by atoms with van der Waals surface area (Å²) in [5, 5.41) is 43.0. The summed E-state index contributed by atoms with van der Waals surface area (Å²) in [4.78, 5) is 30.2. The van der Waals surface area contributed by atoms with E-state index in [0.717, 1.165) is 25.3 Å². The fraction of sp³-hybridized carbons (Fsp3) is 0.367. The van der Waals surface area contributed by atoms with Gasteiger partial charge in [0.25, 0.3) is 5.97 Å². The van der Waals surface area contributed by atoms with E-state index in [-0.39, 0.29) is 43.0 Å². The standard InChI is InChI=1S/C13H13NO3.C9H11NO3.C6H12O3.C2H4O2/c15-11-5-3-10(4-6-11)12(9-13(16)17)14-7-1-2-8-14;10-8(5-9(12)13)6-1-3-7(11)4-2-6;1-7-5-3-4-6(8-2)9-5;1-2(3)4/h1-8,12,15H,9H2,(H,16,17);1-4,8,11H,5,10H2,(H,12,13);5-6H,3-4H2,1-2H3;1H3,(H,3,4). The van der Waals surface area contributed by atoms with Gasteiger partial charge in [-0.1, -0.05) is 24.3 Å². The Hall–Kier alpha value is -4.43. The molecule has 4 rings (SSSR count). The van der Waals surface area contributed by atoms with Crippen molar-refractivity contribution in [1.82, 2.24) is 4.57 Å². The molecule has 2 heterocycles. The lowest BCUT2D eigenvalue weighted by atomic mass is 10.0. The fourth-order valence-corrected chi connectivity index (χ4v) is 3.76. The van der Waals surface area contributed by atoms with Crippen molar-refractivity contribution in [2.45, 2.75) is 57.3 Å². The molecule has 0 spiro atoms. The molecule has 0 aliphatic carbocycles. The van der Waals surface area contributed by atoms with E-state index < -0.39 is 23.9 Å². The van der Waals surface area contributed by atoms with Crippen LogP contribution in [0.5, 0.6) is 11.5 Å². The molecule has 1 saturated heterocycles. The average Bonchev–Trinajstić information content (AvgIpc) is 3.65. The van der Waals surface area contributed by atoms with E-state index in [1.807, 2.05) is 29.1 Å². The molecular weight excluding hydrogens is 564 g/mol. The maximum atomic E-state index is 10.9. The smallest absolute Gasteiger partial charge is 0.305 e. The number of aromatic hydroxyl groups is 2. The molecule has 1 aromatic heterocycles. The Bertz CT molecular complexity index is 1200. The first-order chi connectivity index (χ1) is 20.4. The van der Waals surface area contributed by atoms with E-state index in [9.17, 15) is 14.7 Å². The van der Waals surface area contributed by atoms with Crippen LogP contribution in [-0.4, -0.2) is 74.8 Å². The first-order valence-corrected chi connectivity index (χ1v) is 13.2. The maximum Gasteiger partial charge on any atom is 0.305 e. The van der Waals surface area contributed by atoms with Crippen molar-refractivity contribution >= 4 is 17.9 Å². The van der Waals surface area contributed by atoms with Gasteiger partial charge in [-0.25, -0.2) is 0 Å². The third kappa shape index (κ3) is 15.4. The van der Waals surface area contributed by atoms with Gasteiger partial charge in [0.05, 0.1) is 18.9 Å². The van der Waals surface area contributed by atoms with Crippen LogP contribution in [0.15, 0.2) is 73.1 Å². The summed E-state index contributed by atoms with van der Waals surface area (Å²) in [7, 11) is 3.28. The third-order valence-electron chi connectivity index (χ3n) is 5.82. The average molecular weight is 605 g/mol. The van der Waals surface area contributed by atoms with Crippen LogP contribution in [0.25, 0.3) is 0 Å². The van der Waals surface area contributed by atoms with Gasteiger partial charge in [0.15, 0.2) is 12.6 Å². The van der Waals surface area contributed by atoms with Crippen LogP contribution >= 0.6 is 0 Å². The molecule has 1 fully saturated rings. The number of phenolic OH excluding ortho intramolecular Hbond substituents is 2. The Morgan fingerprint density at radius 2 is 1.21 bits per heavy atom. The minimum atomic E-state index is -0.930. The van der Waals surface area contributed by atoms with Crippen LogP contribution in [0.1, 0.15) is 55.8 Å². The molecule has 1 aliphatic rings. The predicted molar refractivity (Wildman–Crippen MR) is 155 cm³/mol. The van der Waals surface area contributed by atoms with E-state index in [4.69, 9.17) is 45.2 Å². The summed E-state index contributed by atoms with van der Waals surface area (Å²) in [5.41, 5.74) is 7.15. The van der Waals surface area contributed by atoms with Crippen LogP contribution < -0.4 is 5.73 Å². The largest absolute Gasteiger partial charge is 0.508 e. The number of benzene rings is 2. The van der Waals surface area contributed by atoms with Gasteiger partial charge >= 0.3 is 11.9 Å². The van der Waals surface area contributed by atoms with Gasteiger partial charge < -0.3 is 50.0 Å². The normalized spacial score (nSPS) is 16.6. The zero-order chi connectivity index (χ0) is 32.4. The Kier molecular flexibility index (Phi) is 16.7. The zero-order valence-corrected chi connectivity index (χ0v) is 24.3. The maximum absolute atomic E-state index is 10.9. The van der Waals surface area contributed by atoms with E-state index >= 15 is 0 Å². The molecule has 13 heteroatoms. The third-order valence-corrected chi connectivity index (χ3v) is 5.82. The van der Waals surface area contributed by atoms with Gasteiger partial charge in [-0.3, -0.25) is 14.4 Å². The van der Waals surface area contributed by atoms with E-state index in [2.05, 4.69) is 0 Å². The van der Waals surface area contributed by atoms with Gasteiger partial charge in [0, 0.05) is 52.4 Å². The minimum absolute atomic E-state index is 0.0133. The molecule has 236 valence electrons. The first-order valence-electron chi connectivity index (χ1n) is 13.2. The zero-order valence-electron chi connectivity index (χ0n) is 24.3. The number of carboxylic acids is 3. The molecule has 3 aromatic rings. The Labute approximate surface area is 249 Å².